The second-order valence-electron chi connectivity index (χ2n) is 9.38. The van der Waals surface area contributed by atoms with Crippen LogP contribution in [0, 0.1) is 0 Å². The monoisotopic (exact) mass is 411 g/mol. The minimum atomic E-state index is 0.869. The molecule has 0 amide bonds. The van der Waals surface area contributed by atoms with E-state index in [-0.39, 0.29) is 0 Å². The zero-order valence-corrected chi connectivity index (χ0v) is 20.6. The third-order valence-corrected chi connectivity index (χ3v) is 6.29. The molecule has 0 radical (unpaired) electrons. The van der Waals surface area contributed by atoms with Crippen LogP contribution < -0.4 is 0 Å². The summed E-state index contributed by atoms with van der Waals surface area (Å²) in [5, 5.41) is 11.5. The van der Waals surface area contributed by atoms with Crippen LogP contribution in [0.25, 0.3) is 0 Å². The van der Waals surface area contributed by atoms with E-state index >= 15 is 0 Å². The third-order valence-electron chi connectivity index (χ3n) is 6.29. The van der Waals surface area contributed by atoms with Gasteiger partial charge < -0.3 is 5.21 Å². The summed E-state index contributed by atoms with van der Waals surface area (Å²) >= 11 is 0. The van der Waals surface area contributed by atoms with Crippen LogP contribution in [0.15, 0.2) is 0 Å². The molecule has 0 saturated heterocycles. The van der Waals surface area contributed by atoms with Gasteiger partial charge in [0.25, 0.3) is 0 Å². The average Bonchev–Trinajstić information content (AvgIpc) is 2.72. The predicted octanol–water partition coefficient (Wildman–Crippen LogP) is 9.69. The molecular weight excluding hydrogens is 354 g/mol. The number of unbranched alkanes of at least 4 members (excludes halogenated alkanes) is 21. The van der Waals surface area contributed by atoms with Crippen LogP contribution in [-0.4, -0.2) is 23.4 Å². The van der Waals surface area contributed by atoms with Gasteiger partial charge >= 0.3 is 0 Å². The van der Waals surface area contributed by atoms with Gasteiger partial charge in [0.1, 0.15) is 0 Å². The largest absolute Gasteiger partial charge is 0.314 e. The van der Waals surface area contributed by atoms with E-state index < -0.39 is 0 Å². The van der Waals surface area contributed by atoms with Crippen molar-refractivity contribution in [2.75, 3.05) is 13.1 Å². The van der Waals surface area contributed by atoms with Gasteiger partial charge in [-0.05, 0) is 12.8 Å². The summed E-state index contributed by atoms with van der Waals surface area (Å²) in [7, 11) is 0. The Morgan fingerprint density at radius 1 is 0.345 bits per heavy atom. The maximum atomic E-state index is 9.96. The third kappa shape index (κ3) is 25.9. The zero-order valence-electron chi connectivity index (χ0n) is 20.6. The molecule has 2 nitrogen and oxygen atoms in total. The Bertz CT molecular complexity index is 282. The van der Waals surface area contributed by atoms with Gasteiger partial charge in [0.05, 0.1) is 0 Å². The molecule has 0 aromatic carbocycles. The average molecular weight is 412 g/mol. The highest BCUT2D eigenvalue weighted by Crippen LogP contribution is 2.13. The first-order chi connectivity index (χ1) is 14.3. The highest BCUT2D eigenvalue weighted by molar-refractivity contribution is 4.52. The lowest BCUT2D eigenvalue weighted by molar-refractivity contribution is -0.0925. The van der Waals surface area contributed by atoms with Gasteiger partial charge in [-0.25, -0.2) is 0 Å². The fourth-order valence-corrected chi connectivity index (χ4v) is 4.21. The molecule has 0 saturated carbocycles. The fourth-order valence-electron chi connectivity index (χ4n) is 4.21. The van der Waals surface area contributed by atoms with E-state index in [1.54, 1.807) is 5.06 Å². The standard InChI is InChI=1S/C27H57NO/c1-3-5-7-9-11-13-14-15-16-17-18-19-21-23-25-27-28(29)26-24-22-20-12-10-8-6-4-2/h29H,3-27H2,1-2H3. The predicted molar refractivity (Wildman–Crippen MR) is 131 cm³/mol. The Morgan fingerprint density at radius 3 is 0.793 bits per heavy atom. The Kier molecular flexibility index (Phi) is 25.9. The molecule has 0 heterocycles. The van der Waals surface area contributed by atoms with Gasteiger partial charge in [0.2, 0.25) is 0 Å². The van der Waals surface area contributed by atoms with Crippen molar-refractivity contribution in [3.8, 4) is 0 Å². The number of rotatable bonds is 25. The summed E-state index contributed by atoms with van der Waals surface area (Å²) in [6, 6.07) is 0. The van der Waals surface area contributed by atoms with Crippen molar-refractivity contribution in [2.24, 2.45) is 0 Å². The van der Waals surface area contributed by atoms with Gasteiger partial charge in [-0.2, -0.15) is 5.06 Å². The van der Waals surface area contributed by atoms with Crippen LogP contribution in [0.3, 0.4) is 0 Å². The van der Waals surface area contributed by atoms with Gasteiger partial charge in [-0.1, -0.05) is 149 Å². The molecule has 0 atom stereocenters. The van der Waals surface area contributed by atoms with Crippen molar-refractivity contribution in [2.45, 2.75) is 162 Å². The van der Waals surface area contributed by atoms with Gasteiger partial charge in [-0.3, -0.25) is 0 Å². The molecule has 0 aromatic rings. The number of hydrogen-bond acceptors (Lipinski definition) is 2. The van der Waals surface area contributed by atoms with Crippen molar-refractivity contribution in [1.82, 2.24) is 5.06 Å². The van der Waals surface area contributed by atoms with Crippen LogP contribution in [0.4, 0.5) is 0 Å². The summed E-state index contributed by atoms with van der Waals surface area (Å²) in [6.45, 7) is 6.30. The number of hydroxylamine groups is 2. The second-order valence-corrected chi connectivity index (χ2v) is 9.38. The van der Waals surface area contributed by atoms with Crippen molar-refractivity contribution in [1.29, 1.82) is 0 Å². The summed E-state index contributed by atoms with van der Waals surface area (Å²) in [4.78, 5) is 0. The van der Waals surface area contributed by atoms with Gasteiger partial charge in [-0.15, -0.1) is 0 Å². The van der Waals surface area contributed by atoms with E-state index in [4.69, 9.17) is 0 Å². The topological polar surface area (TPSA) is 23.5 Å². The summed E-state index contributed by atoms with van der Waals surface area (Å²) in [5.41, 5.74) is 0. The second kappa shape index (κ2) is 26.0. The van der Waals surface area contributed by atoms with Crippen LogP contribution in [0.5, 0.6) is 0 Å². The molecule has 0 rings (SSSR count). The quantitative estimate of drug-likeness (QED) is 0.119. The summed E-state index contributed by atoms with van der Waals surface area (Å²) in [5.74, 6) is 0. The molecule has 2 heteroatoms. The Balaban J connectivity index is 3.11. The molecule has 0 aliphatic rings. The minimum absolute atomic E-state index is 0.869. The molecule has 0 aromatic heterocycles. The first-order valence-electron chi connectivity index (χ1n) is 13.7. The van der Waals surface area contributed by atoms with Crippen molar-refractivity contribution in [3.05, 3.63) is 0 Å². The maximum absolute atomic E-state index is 9.96. The number of hydrogen-bond donors (Lipinski definition) is 1. The highest BCUT2D eigenvalue weighted by Gasteiger charge is 2.00. The van der Waals surface area contributed by atoms with E-state index in [1.807, 2.05) is 0 Å². The number of nitrogens with zero attached hydrogens (tertiary/aromatic N) is 1. The van der Waals surface area contributed by atoms with Gasteiger partial charge in [0, 0.05) is 13.1 Å². The summed E-state index contributed by atoms with van der Waals surface area (Å²) in [6.07, 6.45) is 31.7. The van der Waals surface area contributed by atoms with Crippen LogP contribution in [0.2, 0.25) is 0 Å². The van der Waals surface area contributed by atoms with E-state index in [9.17, 15) is 5.21 Å². The molecule has 0 spiro atoms. The molecule has 0 bridgehead atoms. The molecular formula is C27H57NO. The smallest absolute Gasteiger partial charge is 0.0238 e. The SMILES string of the molecule is CCCCCCCCCCCCCCCCCN(O)CCCCCCCCCC. The Morgan fingerprint density at radius 2 is 0.552 bits per heavy atom. The Labute approximate surface area is 185 Å². The van der Waals surface area contributed by atoms with Crippen molar-refractivity contribution < 1.29 is 5.21 Å². The maximum Gasteiger partial charge on any atom is 0.0238 e. The normalized spacial score (nSPS) is 11.6. The molecule has 176 valence electrons. The lowest BCUT2D eigenvalue weighted by atomic mass is 10.0. The van der Waals surface area contributed by atoms with E-state index in [2.05, 4.69) is 13.8 Å². The van der Waals surface area contributed by atoms with Crippen molar-refractivity contribution in [3.63, 3.8) is 0 Å². The minimum Gasteiger partial charge on any atom is -0.314 e. The van der Waals surface area contributed by atoms with Crippen LogP contribution >= 0.6 is 0 Å². The first-order valence-corrected chi connectivity index (χ1v) is 13.7. The molecule has 0 aliphatic carbocycles. The van der Waals surface area contributed by atoms with Gasteiger partial charge in [0.15, 0.2) is 0 Å². The molecule has 29 heavy (non-hydrogen) atoms. The van der Waals surface area contributed by atoms with Crippen LogP contribution in [-0.2, 0) is 0 Å². The highest BCUT2D eigenvalue weighted by atomic mass is 16.5. The first kappa shape index (κ1) is 28.9. The summed E-state index contributed by atoms with van der Waals surface area (Å²) < 4.78 is 0. The molecule has 1 N–H and O–H groups in total. The Hall–Kier alpha value is -0.0800. The fraction of sp³-hybridized carbons (Fsp3) is 1.00. The van der Waals surface area contributed by atoms with E-state index in [0.717, 1.165) is 25.9 Å². The molecule has 0 unspecified atom stereocenters. The lowest BCUT2D eigenvalue weighted by Crippen LogP contribution is -2.21. The van der Waals surface area contributed by atoms with Crippen LogP contribution in [0.1, 0.15) is 162 Å². The van der Waals surface area contributed by atoms with Crippen molar-refractivity contribution >= 4 is 0 Å². The van der Waals surface area contributed by atoms with E-state index in [1.165, 1.54) is 135 Å². The zero-order chi connectivity index (χ0) is 21.3. The molecule has 0 fully saturated rings. The molecule has 0 aliphatic heterocycles. The van der Waals surface area contributed by atoms with E-state index in [0.29, 0.717) is 0 Å². The lowest BCUT2D eigenvalue weighted by Gasteiger charge is -2.14.